The van der Waals surface area contributed by atoms with Gasteiger partial charge in [-0.15, -0.1) is 0 Å². The first-order valence-electron chi connectivity index (χ1n) is 6.40. The van der Waals surface area contributed by atoms with Crippen molar-refractivity contribution in [3.63, 3.8) is 0 Å². The van der Waals surface area contributed by atoms with Gasteiger partial charge >= 0.3 is 17.9 Å². The van der Waals surface area contributed by atoms with Gasteiger partial charge in [-0.25, -0.2) is 0 Å². The summed E-state index contributed by atoms with van der Waals surface area (Å²) in [5.41, 5.74) is 0. The van der Waals surface area contributed by atoms with Gasteiger partial charge in [0.25, 0.3) is 0 Å². The van der Waals surface area contributed by atoms with E-state index in [-0.39, 0.29) is 19.8 Å². The van der Waals surface area contributed by atoms with Gasteiger partial charge < -0.3 is 14.2 Å². The van der Waals surface area contributed by atoms with Gasteiger partial charge in [-0.2, -0.15) is 5.26 Å². The Balaban J connectivity index is 5.07. The van der Waals surface area contributed by atoms with Crippen LogP contribution in [0.4, 0.5) is 0 Å². The van der Waals surface area contributed by atoms with E-state index in [0.717, 1.165) is 0 Å². The van der Waals surface area contributed by atoms with Crippen LogP contribution >= 0.6 is 0 Å². The summed E-state index contributed by atoms with van der Waals surface area (Å²) in [6, 6.07) is 1.69. The van der Waals surface area contributed by atoms with E-state index in [1.54, 1.807) is 26.8 Å². The number of rotatable bonds is 8. The first-order chi connectivity index (χ1) is 9.51. The lowest BCUT2D eigenvalue weighted by Gasteiger charge is -2.18. The van der Waals surface area contributed by atoms with E-state index in [1.807, 2.05) is 0 Å². The second-order valence-electron chi connectivity index (χ2n) is 3.73. The molecule has 112 valence electrons. The van der Waals surface area contributed by atoms with Gasteiger partial charge in [0.2, 0.25) is 0 Å². The number of nitriles is 1. The summed E-state index contributed by atoms with van der Waals surface area (Å²) in [6.07, 6.45) is -0.399. The van der Waals surface area contributed by atoms with Crippen molar-refractivity contribution < 1.29 is 28.6 Å². The fourth-order valence-corrected chi connectivity index (χ4v) is 1.53. The van der Waals surface area contributed by atoms with Gasteiger partial charge in [-0.1, -0.05) is 0 Å². The van der Waals surface area contributed by atoms with Gasteiger partial charge in [-0.3, -0.25) is 14.4 Å². The molecule has 0 aliphatic carbocycles. The largest absolute Gasteiger partial charge is 0.466 e. The van der Waals surface area contributed by atoms with Crippen LogP contribution in [-0.2, 0) is 28.6 Å². The quantitative estimate of drug-likeness (QED) is 0.480. The van der Waals surface area contributed by atoms with Crippen molar-refractivity contribution in [1.82, 2.24) is 0 Å². The molecule has 0 rings (SSSR count). The Morgan fingerprint density at radius 1 is 0.950 bits per heavy atom. The highest BCUT2D eigenvalue weighted by Gasteiger charge is 2.38. The zero-order valence-electron chi connectivity index (χ0n) is 11.9. The first kappa shape index (κ1) is 17.9. The van der Waals surface area contributed by atoms with Crippen LogP contribution in [0.3, 0.4) is 0 Å². The minimum atomic E-state index is -1.39. The monoisotopic (exact) mass is 285 g/mol. The van der Waals surface area contributed by atoms with Crippen molar-refractivity contribution >= 4 is 17.9 Å². The summed E-state index contributed by atoms with van der Waals surface area (Å²) in [5, 5.41) is 9.04. The van der Waals surface area contributed by atoms with E-state index in [2.05, 4.69) is 0 Å². The summed E-state index contributed by atoms with van der Waals surface area (Å²) in [4.78, 5) is 34.9. The number of hydrogen-bond acceptors (Lipinski definition) is 7. The third-order valence-corrected chi connectivity index (χ3v) is 2.36. The Kier molecular flexibility index (Phi) is 8.75. The molecule has 0 N–H and O–H groups in total. The molecule has 0 aromatic carbocycles. The number of esters is 3. The molecule has 0 bridgehead atoms. The lowest BCUT2D eigenvalue weighted by Crippen LogP contribution is -2.34. The van der Waals surface area contributed by atoms with E-state index in [0.29, 0.717) is 0 Å². The van der Waals surface area contributed by atoms with Gasteiger partial charge in [0.1, 0.15) is 0 Å². The van der Waals surface area contributed by atoms with E-state index in [9.17, 15) is 14.4 Å². The Morgan fingerprint density at radius 2 is 1.45 bits per heavy atom. The third-order valence-electron chi connectivity index (χ3n) is 2.36. The lowest BCUT2D eigenvalue weighted by molar-refractivity contribution is -0.161. The molecule has 0 radical (unpaired) electrons. The molecule has 20 heavy (non-hydrogen) atoms. The highest BCUT2D eigenvalue weighted by Crippen LogP contribution is 2.20. The topological polar surface area (TPSA) is 103 Å². The Morgan fingerprint density at radius 3 is 1.90 bits per heavy atom. The SMILES string of the molecule is CCOC(=O)C[C@H](C(=O)OCC)[C@@H](C#N)C(=O)OCC. The molecule has 0 unspecified atom stereocenters. The number of carbonyl (C=O) groups excluding carboxylic acids is 3. The van der Waals surface area contributed by atoms with Gasteiger partial charge in [0.05, 0.1) is 38.2 Å². The Hall–Kier alpha value is -2.10. The van der Waals surface area contributed by atoms with Gasteiger partial charge in [0.15, 0.2) is 5.92 Å². The van der Waals surface area contributed by atoms with Crippen LogP contribution in [0.5, 0.6) is 0 Å². The predicted octanol–water partition coefficient (Wildman–Crippen LogP) is 0.822. The van der Waals surface area contributed by atoms with Crippen LogP contribution in [0, 0.1) is 23.2 Å². The van der Waals surface area contributed by atoms with Gasteiger partial charge in [0, 0.05) is 0 Å². The molecule has 7 nitrogen and oxygen atoms in total. The molecule has 0 spiro atoms. The van der Waals surface area contributed by atoms with Crippen LogP contribution in [0.15, 0.2) is 0 Å². The van der Waals surface area contributed by atoms with Crippen molar-refractivity contribution in [2.24, 2.45) is 11.8 Å². The molecule has 2 atom stereocenters. The van der Waals surface area contributed by atoms with Gasteiger partial charge in [-0.05, 0) is 20.8 Å². The molecule has 0 aromatic rings. The van der Waals surface area contributed by atoms with E-state index in [4.69, 9.17) is 19.5 Å². The maximum atomic E-state index is 11.8. The van der Waals surface area contributed by atoms with Crippen LogP contribution in [-0.4, -0.2) is 37.7 Å². The standard InChI is InChI=1S/C13H19NO6/c1-4-18-11(15)7-9(12(16)19-5-2)10(8-14)13(17)20-6-3/h9-10H,4-7H2,1-3H3/t9-,10+/m0/s1. The maximum absolute atomic E-state index is 11.8. The highest BCUT2D eigenvalue weighted by molar-refractivity contribution is 5.87. The average molecular weight is 285 g/mol. The van der Waals surface area contributed by atoms with Crippen LogP contribution in [0.25, 0.3) is 0 Å². The molecule has 0 aromatic heterocycles. The molecule has 0 aliphatic rings. The molecule has 0 fully saturated rings. The Labute approximate surface area is 117 Å². The second kappa shape index (κ2) is 9.78. The summed E-state index contributed by atoms with van der Waals surface area (Å²) in [5.74, 6) is -4.93. The molecule has 0 amide bonds. The number of hydrogen-bond donors (Lipinski definition) is 0. The fraction of sp³-hybridized carbons (Fsp3) is 0.692. The summed E-state index contributed by atoms with van der Waals surface area (Å²) >= 11 is 0. The van der Waals surface area contributed by atoms with Crippen molar-refractivity contribution in [2.75, 3.05) is 19.8 Å². The van der Waals surface area contributed by atoms with Crippen molar-refractivity contribution in [2.45, 2.75) is 27.2 Å². The molecule has 0 aliphatic heterocycles. The Bertz CT molecular complexity index is 387. The molecule has 0 heterocycles. The molecule has 0 saturated carbocycles. The summed E-state index contributed by atoms with van der Waals surface area (Å²) < 4.78 is 14.2. The van der Waals surface area contributed by atoms with Crippen molar-refractivity contribution in [1.29, 1.82) is 5.26 Å². The zero-order chi connectivity index (χ0) is 15.5. The van der Waals surface area contributed by atoms with Crippen LogP contribution in [0.2, 0.25) is 0 Å². The molecular formula is C13H19NO6. The van der Waals surface area contributed by atoms with Crippen molar-refractivity contribution in [3.8, 4) is 6.07 Å². The highest BCUT2D eigenvalue weighted by atomic mass is 16.5. The predicted molar refractivity (Wildman–Crippen MR) is 67.1 cm³/mol. The lowest BCUT2D eigenvalue weighted by atomic mass is 9.90. The molecule has 7 heteroatoms. The normalized spacial score (nSPS) is 12.7. The smallest absolute Gasteiger partial charge is 0.324 e. The van der Waals surface area contributed by atoms with E-state index < -0.39 is 36.2 Å². The maximum Gasteiger partial charge on any atom is 0.324 e. The third kappa shape index (κ3) is 5.69. The molecular weight excluding hydrogens is 266 g/mol. The summed E-state index contributed by atoms with van der Waals surface area (Å²) in [6.45, 7) is 5.09. The van der Waals surface area contributed by atoms with E-state index >= 15 is 0 Å². The van der Waals surface area contributed by atoms with Crippen LogP contribution < -0.4 is 0 Å². The van der Waals surface area contributed by atoms with E-state index in [1.165, 1.54) is 0 Å². The average Bonchev–Trinajstić information content (AvgIpc) is 2.39. The number of carbonyl (C=O) groups is 3. The first-order valence-corrected chi connectivity index (χ1v) is 6.40. The minimum absolute atomic E-state index is 0.0754. The molecule has 0 saturated heterocycles. The number of nitrogens with zero attached hydrogens (tertiary/aromatic N) is 1. The zero-order valence-corrected chi connectivity index (χ0v) is 11.9. The number of ether oxygens (including phenoxy) is 3. The van der Waals surface area contributed by atoms with Crippen LogP contribution in [0.1, 0.15) is 27.2 Å². The van der Waals surface area contributed by atoms with Crippen molar-refractivity contribution in [3.05, 3.63) is 0 Å². The summed E-state index contributed by atoms with van der Waals surface area (Å²) in [7, 11) is 0. The minimum Gasteiger partial charge on any atom is -0.466 e. The fourth-order valence-electron chi connectivity index (χ4n) is 1.53. The second-order valence-corrected chi connectivity index (χ2v) is 3.73.